The number of rotatable bonds is 4. The minimum atomic E-state index is 0.852. The number of benzene rings is 1. The Labute approximate surface area is 115 Å². The summed E-state index contributed by atoms with van der Waals surface area (Å²) in [4.78, 5) is 0. The summed E-state index contributed by atoms with van der Waals surface area (Å²) >= 11 is 0. The quantitative estimate of drug-likeness (QED) is 0.796. The highest BCUT2D eigenvalue weighted by molar-refractivity contribution is 5.23. The third kappa shape index (κ3) is 11.7. The predicted molar refractivity (Wildman–Crippen MR) is 85.3 cm³/mol. The number of aryl methyl sites for hydroxylation is 2. The molecule has 0 bridgehead atoms. The molecule has 0 spiro atoms. The Morgan fingerprint density at radius 2 is 1.50 bits per heavy atom. The molecule has 1 nitrogen and oxygen atoms in total. The van der Waals surface area contributed by atoms with Crippen LogP contribution in [0.15, 0.2) is 24.3 Å². The van der Waals surface area contributed by atoms with E-state index in [1.54, 1.807) is 0 Å². The Bertz CT molecular complexity index is 241. The molecule has 0 heterocycles. The van der Waals surface area contributed by atoms with Crippen LogP contribution in [0.4, 0.5) is 0 Å². The average Bonchev–Trinajstić information content (AvgIpc) is 2.37. The van der Waals surface area contributed by atoms with Gasteiger partial charge >= 0.3 is 0 Å². The fourth-order valence-corrected chi connectivity index (χ4v) is 1.61. The fraction of sp³-hybridized carbons (Fsp3) is 0.647. The van der Waals surface area contributed by atoms with Crippen molar-refractivity contribution in [2.45, 2.75) is 54.4 Å². The lowest BCUT2D eigenvalue weighted by molar-refractivity contribution is 0.498. The van der Waals surface area contributed by atoms with E-state index < -0.39 is 0 Å². The van der Waals surface area contributed by atoms with Gasteiger partial charge in [0.05, 0.1) is 0 Å². The summed E-state index contributed by atoms with van der Waals surface area (Å²) in [7, 11) is 2.01. The number of hydrogen-bond donors (Lipinski definition) is 1. The predicted octanol–water partition coefficient (Wildman–Crippen LogP) is 4.97. The molecule has 1 atom stereocenters. The minimum Gasteiger partial charge on any atom is -0.319 e. The van der Waals surface area contributed by atoms with Gasteiger partial charge < -0.3 is 5.32 Å². The lowest BCUT2D eigenvalue weighted by Crippen LogP contribution is -2.15. The molecule has 106 valence electrons. The van der Waals surface area contributed by atoms with Crippen LogP contribution in [0.2, 0.25) is 0 Å². The van der Waals surface area contributed by atoms with Crippen LogP contribution in [0, 0.1) is 19.8 Å². The van der Waals surface area contributed by atoms with Gasteiger partial charge in [-0.2, -0.15) is 0 Å². The summed E-state index contributed by atoms with van der Waals surface area (Å²) in [5.41, 5.74) is 2.74. The maximum absolute atomic E-state index is 3.15. The van der Waals surface area contributed by atoms with Crippen LogP contribution in [0.3, 0.4) is 0 Å². The summed E-state index contributed by atoms with van der Waals surface area (Å²) in [6.07, 6.45) is 2.66. The lowest BCUT2D eigenvalue weighted by atomic mass is 10.1. The Balaban J connectivity index is 0. The molecule has 18 heavy (non-hydrogen) atoms. The summed E-state index contributed by atoms with van der Waals surface area (Å²) in [6, 6.07) is 8.36. The zero-order valence-electron chi connectivity index (χ0n) is 13.5. The standard InChI is InChI=1S/C8H10.C7H17N.C2H6/c1-7-5-3-4-6-8(7)2;1-4-5-7(2)6-8-3;1-2/h3-6H,1-2H3;7-8H,4-6H2,1-3H3;1-2H3. The molecule has 0 aliphatic carbocycles. The van der Waals surface area contributed by atoms with Crippen molar-refractivity contribution in [2.75, 3.05) is 13.6 Å². The largest absolute Gasteiger partial charge is 0.319 e. The Hall–Kier alpha value is -0.820. The van der Waals surface area contributed by atoms with Crippen LogP contribution in [-0.2, 0) is 0 Å². The molecule has 1 unspecified atom stereocenters. The van der Waals surface area contributed by atoms with E-state index in [1.807, 2.05) is 20.9 Å². The van der Waals surface area contributed by atoms with Crippen molar-refractivity contribution in [2.24, 2.45) is 5.92 Å². The molecule has 0 aliphatic rings. The molecule has 0 saturated heterocycles. The summed E-state index contributed by atoms with van der Waals surface area (Å²) in [5, 5.41) is 3.15. The minimum absolute atomic E-state index is 0.852. The van der Waals surface area contributed by atoms with Gasteiger partial charge in [0, 0.05) is 0 Å². The van der Waals surface area contributed by atoms with Gasteiger partial charge in [0.15, 0.2) is 0 Å². The molecule has 0 fully saturated rings. The Kier molecular flexibility index (Phi) is 15.4. The highest BCUT2D eigenvalue weighted by Crippen LogP contribution is 2.02. The second-order valence-corrected chi connectivity index (χ2v) is 4.54. The molecule has 0 amide bonds. The van der Waals surface area contributed by atoms with E-state index in [1.165, 1.54) is 24.0 Å². The summed E-state index contributed by atoms with van der Waals surface area (Å²) < 4.78 is 0. The van der Waals surface area contributed by atoms with Crippen LogP contribution in [0.25, 0.3) is 0 Å². The van der Waals surface area contributed by atoms with Crippen molar-refractivity contribution in [3.63, 3.8) is 0 Å². The molecule has 0 aliphatic heterocycles. The van der Waals surface area contributed by atoms with E-state index in [9.17, 15) is 0 Å². The van der Waals surface area contributed by atoms with Gasteiger partial charge in [0.25, 0.3) is 0 Å². The first-order valence-electron chi connectivity index (χ1n) is 7.28. The normalized spacial score (nSPS) is 10.6. The van der Waals surface area contributed by atoms with Crippen LogP contribution < -0.4 is 5.32 Å². The van der Waals surface area contributed by atoms with Gasteiger partial charge in [0.2, 0.25) is 0 Å². The molecule has 0 saturated carbocycles. The highest BCUT2D eigenvalue weighted by atomic mass is 14.8. The second-order valence-electron chi connectivity index (χ2n) is 4.54. The molecule has 1 N–H and O–H groups in total. The van der Waals surface area contributed by atoms with E-state index in [2.05, 4.69) is 57.3 Å². The number of hydrogen-bond acceptors (Lipinski definition) is 1. The van der Waals surface area contributed by atoms with Crippen molar-refractivity contribution >= 4 is 0 Å². The summed E-state index contributed by atoms with van der Waals surface area (Å²) in [6.45, 7) is 13.9. The van der Waals surface area contributed by atoms with Gasteiger partial charge in [-0.1, -0.05) is 58.4 Å². The van der Waals surface area contributed by atoms with Crippen LogP contribution in [0.5, 0.6) is 0 Å². The Morgan fingerprint density at radius 1 is 1.06 bits per heavy atom. The monoisotopic (exact) mass is 251 g/mol. The third-order valence-corrected chi connectivity index (χ3v) is 2.76. The molecule has 1 aromatic carbocycles. The van der Waals surface area contributed by atoms with Gasteiger partial charge in [-0.05, 0) is 50.9 Å². The summed E-state index contributed by atoms with van der Waals surface area (Å²) in [5.74, 6) is 0.852. The molecule has 1 aromatic rings. The van der Waals surface area contributed by atoms with Crippen LogP contribution >= 0.6 is 0 Å². The van der Waals surface area contributed by atoms with Crippen molar-refractivity contribution in [1.29, 1.82) is 0 Å². The van der Waals surface area contributed by atoms with Gasteiger partial charge in [-0.3, -0.25) is 0 Å². The van der Waals surface area contributed by atoms with E-state index in [-0.39, 0.29) is 0 Å². The van der Waals surface area contributed by atoms with Crippen LogP contribution in [-0.4, -0.2) is 13.6 Å². The van der Waals surface area contributed by atoms with E-state index >= 15 is 0 Å². The molecule has 1 heteroatoms. The third-order valence-electron chi connectivity index (χ3n) is 2.76. The van der Waals surface area contributed by atoms with E-state index in [4.69, 9.17) is 0 Å². The fourth-order valence-electron chi connectivity index (χ4n) is 1.61. The van der Waals surface area contributed by atoms with Crippen molar-refractivity contribution in [3.05, 3.63) is 35.4 Å². The van der Waals surface area contributed by atoms with Crippen molar-refractivity contribution < 1.29 is 0 Å². The van der Waals surface area contributed by atoms with E-state index in [0.29, 0.717) is 0 Å². The van der Waals surface area contributed by atoms with Gasteiger partial charge in [-0.25, -0.2) is 0 Å². The smallest absolute Gasteiger partial charge is 0.00262 e. The molecule has 0 aromatic heterocycles. The topological polar surface area (TPSA) is 12.0 Å². The van der Waals surface area contributed by atoms with Crippen LogP contribution in [0.1, 0.15) is 51.7 Å². The molecule has 1 rings (SSSR count). The first-order chi connectivity index (χ1) is 8.61. The zero-order valence-corrected chi connectivity index (χ0v) is 13.5. The average molecular weight is 251 g/mol. The molecule has 0 radical (unpaired) electrons. The highest BCUT2D eigenvalue weighted by Gasteiger charge is 1.95. The molecular weight excluding hydrogens is 218 g/mol. The first kappa shape index (κ1) is 19.5. The maximum atomic E-state index is 3.15. The number of nitrogens with one attached hydrogen (secondary N) is 1. The van der Waals surface area contributed by atoms with Crippen molar-refractivity contribution in [3.8, 4) is 0 Å². The first-order valence-corrected chi connectivity index (χ1v) is 7.28. The maximum Gasteiger partial charge on any atom is -0.00262 e. The Morgan fingerprint density at radius 3 is 1.78 bits per heavy atom. The SMILES string of the molecule is CC.CCCC(C)CNC.Cc1ccccc1C. The van der Waals surface area contributed by atoms with Gasteiger partial charge in [0.1, 0.15) is 0 Å². The lowest BCUT2D eigenvalue weighted by Gasteiger charge is -2.06. The second kappa shape index (κ2) is 14.2. The zero-order chi connectivity index (χ0) is 14.4. The van der Waals surface area contributed by atoms with Gasteiger partial charge in [-0.15, -0.1) is 0 Å². The molecular formula is C17H33N. The van der Waals surface area contributed by atoms with E-state index in [0.717, 1.165) is 12.5 Å². The van der Waals surface area contributed by atoms with Crippen molar-refractivity contribution in [1.82, 2.24) is 5.32 Å².